The van der Waals surface area contributed by atoms with Gasteiger partial charge in [-0.05, 0) is 25.8 Å². The standard InChI is InChI=1S/C17H30N2OS/c1-4-10-14-15(13-18-5-2)21-16(19-14)17(20-3)11-8-6-7-9-12-17/h18H,4-13H2,1-3H3. The maximum absolute atomic E-state index is 6.02. The molecule has 0 bridgehead atoms. The monoisotopic (exact) mass is 310 g/mol. The minimum absolute atomic E-state index is 0.117. The molecule has 1 heterocycles. The van der Waals surface area contributed by atoms with E-state index in [1.54, 1.807) is 0 Å². The number of methoxy groups -OCH3 is 1. The highest BCUT2D eigenvalue weighted by Gasteiger charge is 2.36. The number of aryl methyl sites for hydroxylation is 1. The van der Waals surface area contributed by atoms with Gasteiger partial charge in [0.15, 0.2) is 0 Å². The Kier molecular flexibility index (Phi) is 6.65. The van der Waals surface area contributed by atoms with E-state index in [9.17, 15) is 0 Å². The minimum Gasteiger partial charge on any atom is -0.371 e. The van der Waals surface area contributed by atoms with Crippen LogP contribution in [0.5, 0.6) is 0 Å². The van der Waals surface area contributed by atoms with E-state index >= 15 is 0 Å². The van der Waals surface area contributed by atoms with Gasteiger partial charge in [-0.3, -0.25) is 0 Å². The van der Waals surface area contributed by atoms with Gasteiger partial charge in [-0.25, -0.2) is 4.98 Å². The predicted octanol–water partition coefficient (Wildman–Crippen LogP) is 4.40. The summed E-state index contributed by atoms with van der Waals surface area (Å²) in [5.41, 5.74) is 1.17. The highest BCUT2D eigenvalue weighted by molar-refractivity contribution is 7.11. The Balaban J connectivity index is 2.27. The third-order valence-corrected chi connectivity index (χ3v) is 5.78. The van der Waals surface area contributed by atoms with Gasteiger partial charge in [0.25, 0.3) is 0 Å². The quantitative estimate of drug-likeness (QED) is 0.758. The zero-order chi connectivity index (χ0) is 15.1. The molecule has 1 aromatic rings. The van der Waals surface area contributed by atoms with E-state index in [0.29, 0.717) is 0 Å². The Hall–Kier alpha value is -0.450. The summed E-state index contributed by atoms with van der Waals surface area (Å²) in [5.74, 6) is 0. The number of hydrogen-bond donors (Lipinski definition) is 1. The third-order valence-electron chi connectivity index (χ3n) is 4.49. The van der Waals surface area contributed by atoms with Gasteiger partial charge in [0.05, 0.1) is 5.69 Å². The Labute approximate surface area is 133 Å². The van der Waals surface area contributed by atoms with Crippen LogP contribution in [0.3, 0.4) is 0 Å². The molecule has 0 amide bonds. The average Bonchev–Trinajstić information content (AvgIpc) is 2.74. The van der Waals surface area contributed by atoms with Crippen molar-refractivity contribution in [2.24, 2.45) is 0 Å². The van der Waals surface area contributed by atoms with Crippen LogP contribution in [0.1, 0.15) is 74.4 Å². The molecular weight excluding hydrogens is 280 g/mol. The summed E-state index contributed by atoms with van der Waals surface area (Å²) in [4.78, 5) is 6.43. The maximum Gasteiger partial charge on any atom is 0.125 e. The lowest BCUT2D eigenvalue weighted by Gasteiger charge is -2.29. The summed E-state index contributed by atoms with van der Waals surface area (Å²) in [5, 5.41) is 4.68. The number of hydrogen-bond acceptors (Lipinski definition) is 4. The molecule has 120 valence electrons. The lowest BCUT2D eigenvalue weighted by atomic mass is 9.95. The van der Waals surface area contributed by atoms with Crippen LogP contribution in [0.4, 0.5) is 0 Å². The van der Waals surface area contributed by atoms with Gasteiger partial charge < -0.3 is 10.1 Å². The first kappa shape index (κ1) is 16.9. The van der Waals surface area contributed by atoms with Crippen LogP contribution in [0.2, 0.25) is 0 Å². The van der Waals surface area contributed by atoms with Gasteiger partial charge in [-0.2, -0.15) is 0 Å². The second-order valence-electron chi connectivity index (χ2n) is 6.03. The van der Waals surface area contributed by atoms with Crippen LogP contribution < -0.4 is 5.32 Å². The Morgan fingerprint density at radius 2 is 1.90 bits per heavy atom. The van der Waals surface area contributed by atoms with Gasteiger partial charge in [0.1, 0.15) is 10.6 Å². The number of nitrogens with one attached hydrogen (secondary N) is 1. The van der Waals surface area contributed by atoms with Crippen molar-refractivity contribution in [2.45, 2.75) is 77.4 Å². The fourth-order valence-corrected chi connectivity index (χ4v) is 4.49. The summed E-state index contributed by atoms with van der Waals surface area (Å²) >= 11 is 1.88. The molecule has 0 spiro atoms. The van der Waals surface area contributed by atoms with Crippen molar-refractivity contribution in [1.29, 1.82) is 0 Å². The summed E-state index contributed by atoms with van der Waals surface area (Å²) in [6, 6.07) is 0. The highest BCUT2D eigenvalue weighted by atomic mass is 32.1. The topological polar surface area (TPSA) is 34.1 Å². The van der Waals surface area contributed by atoms with E-state index in [4.69, 9.17) is 9.72 Å². The normalized spacial score (nSPS) is 18.6. The minimum atomic E-state index is -0.117. The van der Waals surface area contributed by atoms with Crippen molar-refractivity contribution < 1.29 is 4.74 Å². The number of nitrogens with zero attached hydrogens (tertiary/aromatic N) is 1. The van der Waals surface area contributed by atoms with E-state index in [-0.39, 0.29) is 5.60 Å². The molecule has 1 N–H and O–H groups in total. The molecule has 2 rings (SSSR count). The number of rotatable bonds is 7. The molecule has 0 radical (unpaired) electrons. The van der Waals surface area contributed by atoms with Gasteiger partial charge in [0.2, 0.25) is 0 Å². The summed E-state index contributed by atoms with van der Waals surface area (Å²) in [6.07, 6.45) is 9.69. The van der Waals surface area contributed by atoms with E-state index in [2.05, 4.69) is 19.2 Å². The molecule has 21 heavy (non-hydrogen) atoms. The Morgan fingerprint density at radius 3 is 2.48 bits per heavy atom. The van der Waals surface area contributed by atoms with E-state index in [1.807, 2.05) is 18.4 Å². The number of thiazole rings is 1. The van der Waals surface area contributed by atoms with E-state index in [1.165, 1.54) is 41.3 Å². The van der Waals surface area contributed by atoms with Crippen LogP contribution in [-0.2, 0) is 23.3 Å². The van der Waals surface area contributed by atoms with Crippen molar-refractivity contribution in [2.75, 3.05) is 13.7 Å². The zero-order valence-corrected chi connectivity index (χ0v) is 14.7. The molecule has 1 aliphatic rings. The van der Waals surface area contributed by atoms with Gasteiger partial charge in [-0.1, -0.05) is 46.0 Å². The second-order valence-corrected chi connectivity index (χ2v) is 7.12. The first-order valence-electron chi connectivity index (χ1n) is 8.50. The lowest BCUT2D eigenvalue weighted by molar-refractivity contribution is -0.0280. The predicted molar refractivity (Wildman–Crippen MR) is 89.9 cm³/mol. The van der Waals surface area contributed by atoms with Crippen molar-refractivity contribution >= 4 is 11.3 Å². The molecule has 0 unspecified atom stereocenters. The summed E-state index contributed by atoms with van der Waals surface area (Å²) < 4.78 is 6.02. The van der Waals surface area contributed by atoms with E-state index < -0.39 is 0 Å². The lowest BCUT2D eigenvalue weighted by Crippen LogP contribution is -2.27. The van der Waals surface area contributed by atoms with Gasteiger partial charge in [-0.15, -0.1) is 11.3 Å². The van der Waals surface area contributed by atoms with E-state index in [0.717, 1.165) is 38.8 Å². The molecular formula is C17H30N2OS. The Bertz CT molecular complexity index is 422. The second kappa shape index (κ2) is 8.25. The van der Waals surface area contributed by atoms with Gasteiger partial charge >= 0.3 is 0 Å². The molecule has 4 heteroatoms. The maximum atomic E-state index is 6.02. The van der Waals surface area contributed by atoms with Crippen LogP contribution >= 0.6 is 11.3 Å². The van der Waals surface area contributed by atoms with Crippen LogP contribution in [0.15, 0.2) is 0 Å². The number of ether oxygens (including phenoxy) is 1. The molecule has 0 aromatic carbocycles. The SMILES string of the molecule is CCCc1nc(C2(OC)CCCCCC2)sc1CNCC. The third kappa shape index (κ3) is 4.05. The number of aromatic nitrogens is 1. The van der Waals surface area contributed by atoms with Crippen LogP contribution in [-0.4, -0.2) is 18.6 Å². The average molecular weight is 311 g/mol. The molecule has 3 nitrogen and oxygen atoms in total. The van der Waals surface area contributed by atoms with Crippen molar-refractivity contribution in [1.82, 2.24) is 10.3 Å². The largest absolute Gasteiger partial charge is 0.371 e. The molecule has 0 aliphatic heterocycles. The zero-order valence-electron chi connectivity index (χ0n) is 13.8. The molecule has 1 saturated carbocycles. The molecule has 1 aromatic heterocycles. The summed E-state index contributed by atoms with van der Waals surface area (Å²) in [6.45, 7) is 6.34. The van der Waals surface area contributed by atoms with Crippen LogP contribution in [0, 0.1) is 0 Å². The first-order valence-corrected chi connectivity index (χ1v) is 9.32. The Morgan fingerprint density at radius 1 is 1.19 bits per heavy atom. The van der Waals surface area contributed by atoms with Gasteiger partial charge in [0, 0.05) is 18.5 Å². The smallest absolute Gasteiger partial charge is 0.125 e. The first-order chi connectivity index (χ1) is 10.3. The molecule has 1 fully saturated rings. The fraction of sp³-hybridized carbons (Fsp3) is 0.824. The molecule has 0 saturated heterocycles. The molecule has 0 atom stereocenters. The van der Waals surface area contributed by atoms with Crippen molar-refractivity contribution in [3.8, 4) is 0 Å². The van der Waals surface area contributed by atoms with Crippen LogP contribution in [0.25, 0.3) is 0 Å². The van der Waals surface area contributed by atoms with Crippen molar-refractivity contribution in [3.05, 3.63) is 15.6 Å². The molecule has 1 aliphatic carbocycles. The highest BCUT2D eigenvalue weighted by Crippen LogP contribution is 2.41. The fourth-order valence-electron chi connectivity index (χ4n) is 3.19. The van der Waals surface area contributed by atoms with Crippen molar-refractivity contribution in [3.63, 3.8) is 0 Å². The summed E-state index contributed by atoms with van der Waals surface area (Å²) in [7, 11) is 1.87.